The first kappa shape index (κ1) is 24.0. The van der Waals surface area contributed by atoms with Crippen LogP contribution in [0, 0.1) is 17.5 Å². The Morgan fingerprint density at radius 3 is 2.50 bits per heavy atom. The second-order valence-corrected chi connectivity index (χ2v) is 9.16. The van der Waals surface area contributed by atoms with Gasteiger partial charge in [-0.25, -0.2) is 22.4 Å². The lowest BCUT2D eigenvalue weighted by Gasteiger charge is -2.42. The van der Waals surface area contributed by atoms with E-state index in [0.29, 0.717) is 12.0 Å². The van der Waals surface area contributed by atoms with E-state index in [4.69, 9.17) is 4.42 Å². The maximum atomic E-state index is 15.4. The van der Waals surface area contributed by atoms with Gasteiger partial charge in [-0.15, -0.1) is 0 Å². The van der Waals surface area contributed by atoms with Crippen molar-refractivity contribution in [1.29, 1.82) is 0 Å². The third-order valence-electron chi connectivity index (χ3n) is 5.99. The summed E-state index contributed by atoms with van der Waals surface area (Å²) in [5, 5.41) is 0.270. The molecule has 1 aromatic heterocycles. The molecule has 2 atom stereocenters. The highest BCUT2D eigenvalue weighted by molar-refractivity contribution is 5.87. The zero-order chi connectivity index (χ0) is 24.8. The molecule has 0 bridgehead atoms. The van der Waals surface area contributed by atoms with Crippen LogP contribution in [0.4, 0.5) is 17.6 Å². The molecule has 0 N–H and O–H groups in total. The molecule has 1 aliphatic rings. The van der Waals surface area contributed by atoms with Gasteiger partial charge in [0.15, 0.2) is 0 Å². The van der Waals surface area contributed by atoms with Crippen molar-refractivity contribution in [2.75, 3.05) is 13.7 Å². The average molecular weight is 475 g/mol. The minimum absolute atomic E-state index is 0.112. The number of carbonyl (C=O) groups excluding carboxylic acids is 1. The highest BCUT2D eigenvalue weighted by atomic mass is 19.1. The number of rotatable bonds is 5. The normalized spacial score (nSPS) is 19.1. The van der Waals surface area contributed by atoms with Crippen molar-refractivity contribution in [2.24, 2.45) is 0 Å². The summed E-state index contributed by atoms with van der Waals surface area (Å²) < 4.78 is 70.8. The monoisotopic (exact) mass is 475 g/mol. The molecular weight excluding hydrogens is 450 g/mol. The number of furan rings is 1. The summed E-state index contributed by atoms with van der Waals surface area (Å²) in [6.07, 6.45) is 2.61. The first-order valence-corrected chi connectivity index (χ1v) is 10.9. The molecule has 0 spiro atoms. The van der Waals surface area contributed by atoms with Crippen molar-refractivity contribution in [1.82, 2.24) is 4.90 Å². The first-order chi connectivity index (χ1) is 16.0. The lowest BCUT2D eigenvalue weighted by atomic mass is 9.87. The van der Waals surface area contributed by atoms with Crippen LogP contribution in [0.1, 0.15) is 49.3 Å². The minimum atomic E-state index is -1.67. The molecule has 0 saturated heterocycles. The van der Waals surface area contributed by atoms with E-state index in [-0.39, 0.29) is 40.4 Å². The lowest BCUT2D eigenvalue weighted by molar-refractivity contribution is -0.134. The lowest BCUT2D eigenvalue weighted by Crippen LogP contribution is -2.48. The summed E-state index contributed by atoms with van der Waals surface area (Å²) in [5.41, 5.74) is -1.10. The fourth-order valence-corrected chi connectivity index (χ4v) is 4.60. The highest BCUT2D eigenvalue weighted by Crippen LogP contribution is 2.45. The van der Waals surface area contributed by atoms with Crippen LogP contribution in [-0.2, 0) is 16.0 Å². The molecule has 2 heterocycles. The molecule has 0 saturated carbocycles. The van der Waals surface area contributed by atoms with Crippen molar-refractivity contribution >= 4 is 23.0 Å². The standard InChI is InChI=1S/C26H25F4NO3/c1-14-10-16-22-17(27)6-5-7-20(22)34-25(16)24(31(14)13-26(2,3)30)23-18(28)11-15(12-19(23)29)8-9-21(32)33-4/h5-9,11-12,14,24H,10,13H2,1-4H3/b9-8+/t14-,24-/m0/s1. The largest absolute Gasteiger partial charge is 0.466 e. The highest BCUT2D eigenvalue weighted by Gasteiger charge is 2.42. The second kappa shape index (κ2) is 8.91. The molecule has 0 fully saturated rings. The van der Waals surface area contributed by atoms with E-state index >= 15 is 8.78 Å². The molecule has 0 amide bonds. The predicted molar refractivity (Wildman–Crippen MR) is 120 cm³/mol. The van der Waals surface area contributed by atoms with E-state index < -0.39 is 35.1 Å². The van der Waals surface area contributed by atoms with Gasteiger partial charge < -0.3 is 9.15 Å². The number of hydrogen-bond donors (Lipinski definition) is 0. The zero-order valence-electron chi connectivity index (χ0n) is 19.3. The van der Waals surface area contributed by atoms with Gasteiger partial charge in [0.05, 0.1) is 12.5 Å². The number of esters is 1. The fourth-order valence-electron chi connectivity index (χ4n) is 4.60. The van der Waals surface area contributed by atoms with Gasteiger partial charge in [-0.05, 0) is 63.1 Å². The maximum absolute atomic E-state index is 15.4. The van der Waals surface area contributed by atoms with Gasteiger partial charge >= 0.3 is 5.97 Å². The molecule has 0 radical (unpaired) electrons. The van der Waals surface area contributed by atoms with Gasteiger partial charge in [-0.1, -0.05) is 6.07 Å². The Morgan fingerprint density at radius 2 is 1.88 bits per heavy atom. The third-order valence-corrected chi connectivity index (χ3v) is 5.99. The van der Waals surface area contributed by atoms with Crippen LogP contribution < -0.4 is 0 Å². The van der Waals surface area contributed by atoms with Crippen LogP contribution in [0.25, 0.3) is 17.0 Å². The molecular formula is C26H25F4NO3. The van der Waals surface area contributed by atoms with Gasteiger partial charge in [-0.3, -0.25) is 4.90 Å². The molecule has 8 heteroatoms. The van der Waals surface area contributed by atoms with Crippen molar-refractivity contribution in [3.05, 3.63) is 76.3 Å². The van der Waals surface area contributed by atoms with Gasteiger partial charge in [0.25, 0.3) is 0 Å². The zero-order valence-corrected chi connectivity index (χ0v) is 19.3. The maximum Gasteiger partial charge on any atom is 0.330 e. The van der Waals surface area contributed by atoms with E-state index in [1.807, 2.05) is 6.92 Å². The Morgan fingerprint density at radius 1 is 1.21 bits per heavy atom. The van der Waals surface area contributed by atoms with Crippen molar-refractivity contribution in [3.63, 3.8) is 0 Å². The molecule has 2 aromatic carbocycles. The number of nitrogens with zero attached hydrogens (tertiary/aromatic N) is 1. The molecule has 4 nitrogen and oxygen atoms in total. The van der Waals surface area contributed by atoms with Crippen LogP contribution in [0.5, 0.6) is 0 Å². The Balaban J connectivity index is 1.91. The number of fused-ring (bicyclic) bond motifs is 3. The molecule has 34 heavy (non-hydrogen) atoms. The molecule has 0 aliphatic carbocycles. The smallest absolute Gasteiger partial charge is 0.330 e. The SMILES string of the molecule is COC(=O)/C=C/c1cc(F)c([C@H]2c3oc4cccc(F)c4c3C[C@H](C)N2CC(C)(C)F)c(F)c1. The second-order valence-electron chi connectivity index (χ2n) is 9.16. The summed E-state index contributed by atoms with van der Waals surface area (Å²) >= 11 is 0. The van der Waals surface area contributed by atoms with E-state index in [1.54, 1.807) is 11.0 Å². The molecule has 1 aliphatic heterocycles. The molecule has 4 rings (SSSR count). The van der Waals surface area contributed by atoms with Crippen LogP contribution in [0.3, 0.4) is 0 Å². The number of methoxy groups -OCH3 is 1. The Kier molecular flexibility index (Phi) is 6.29. The Hall–Kier alpha value is -3.13. The summed E-state index contributed by atoms with van der Waals surface area (Å²) in [4.78, 5) is 13.0. The fraction of sp³-hybridized carbons (Fsp3) is 0.346. The van der Waals surface area contributed by atoms with Crippen molar-refractivity contribution in [3.8, 4) is 0 Å². The van der Waals surface area contributed by atoms with Gasteiger partial charge in [0.1, 0.15) is 40.5 Å². The molecule has 0 unspecified atom stereocenters. The van der Waals surface area contributed by atoms with E-state index in [9.17, 15) is 13.6 Å². The number of benzene rings is 2. The van der Waals surface area contributed by atoms with Gasteiger partial charge in [-0.2, -0.15) is 0 Å². The van der Waals surface area contributed by atoms with E-state index in [1.165, 1.54) is 39.2 Å². The van der Waals surface area contributed by atoms with Crippen molar-refractivity contribution in [2.45, 2.75) is 44.9 Å². The Bertz CT molecular complexity index is 1250. The topological polar surface area (TPSA) is 42.7 Å². The van der Waals surface area contributed by atoms with Crippen LogP contribution in [0.15, 0.2) is 40.8 Å². The minimum Gasteiger partial charge on any atom is -0.466 e. The van der Waals surface area contributed by atoms with Crippen LogP contribution >= 0.6 is 0 Å². The van der Waals surface area contributed by atoms with Crippen LogP contribution in [-0.4, -0.2) is 36.2 Å². The summed E-state index contributed by atoms with van der Waals surface area (Å²) in [7, 11) is 1.19. The average Bonchev–Trinajstić information content (AvgIpc) is 3.11. The van der Waals surface area contributed by atoms with E-state index in [0.717, 1.165) is 18.2 Å². The first-order valence-electron chi connectivity index (χ1n) is 10.9. The Labute approximate surface area is 194 Å². The molecule has 3 aromatic rings. The molecule has 180 valence electrons. The number of ether oxygens (including phenoxy) is 1. The van der Waals surface area contributed by atoms with Crippen molar-refractivity contribution < 1.29 is 31.5 Å². The number of halogens is 4. The van der Waals surface area contributed by atoms with E-state index in [2.05, 4.69) is 4.74 Å². The van der Waals surface area contributed by atoms with Gasteiger partial charge in [0, 0.05) is 29.8 Å². The summed E-state index contributed by atoms with van der Waals surface area (Å²) in [5.74, 6) is -2.75. The van der Waals surface area contributed by atoms with Gasteiger partial charge in [0.2, 0.25) is 0 Å². The quantitative estimate of drug-likeness (QED) is 0.253. The number of alkyl halides is 1. The summed E-state index contributed by atoms with van der Waals surface area (Å²) in [6, 6.07) is 5.09. The number of carbonyl (C=O) groups is 1. The predicted octanol–water partition coefficient (Wildman–Crippen LogP) is 6.12. The number of hydrogen-bond acceptors (Lipinski definition) is 4. The summed E-state index contributed by atoms with van der Waals surface area (Å²) in [6.45, 7) is 4.46. The van der Waals surface area contributed by atoms with Crippen LogP contribution in [0.2, 0.25) is 0 Å². The third kappa shape index (κ3) is 4.46.